The van der Waals surface area contributed by atoms with Crippen molar-refractivity contribution in [3.05, 3.63) is 24.8 Å². The van der Waals surface area contributed by atoms with Gasteiger partial charge in [-0.3, -0.25) is 4.40 Å². The quantitative estimate of drug-likeness (QED) is 0.496. The summed E-state index contributed by atoms with van der Waals surface area (Å²) in [6.45, 7) is 0. The number of rotatable bonds is 0. The molecule has 0 spiro atoms. The molecule has 0 N–H and O–H groups in total. The molecule has 0 aliphatic rings. The second kappa shape index (κ2) is 1.51. The summed E-state index contributed by atoms with van der Waals surface area (Å²) in [5, 5.41) is 7.39. The van der Waals surface area contributed by atoms with E-state index in [2.05, 4.69) is 15.2 Å². The van der Waals surface area contributed by atoms with E-state index in [-0.39, 0.29) is 0 Å². The van der Waals surface area contributed by atoms with Gasteiger partial charge in [0.05, 0.1) is 6.20 Å². The number of imidazole rings is 1. The Kier molecular flexibility index (Phi) is 0.745. The molecule has 0 unspecified atom stereocenters. The van der Waals surface area contributed by atoms with Gasteiger partial charge in [-0.1, -0.05) is 0 Å². The van der Waals surface area contributed by atoms with Crippen LogP contribution in [0.3, 0.4) is 0 Å². The van der Waals surface area contributed by atoms with E-state index in [1.54, 1.807) is 23.0 Å². The molecule has 4 nitrogen and oxygen atoms in total. The normalized spacial score (nSPS) is 10.2. The molecule has 4 heteroatoms. The standard InChI is InChI=1S/C5H4N4/c1-3-9-4-2-7-8-5(9)6-1/h1-4H. The van der Waals surface area contributed by atoms with E-state index >= 15 is 0 Å². The maximum atomic E-state index is 3.91. The van der Waals surface area contributed by atoms with Crippen LogP contribution in [0.4, 0.5) is 0 Å². The lowest BCUT2D eigenvalue weighted by Crippen LogP contribution is -1.87. The average Bonchev–Trinajstić information content (AvgIpc) is 2.33. The highest BCUT2D eigenvalue weighted by Crippen LogP contribution is 1.89. The smallest absolute Gasteiger partial charge is 0.253 e. The van der Waals surface area contributed by atoms with Crippen molar-refractivity contribution in [2.45, 2.75) is 0 Å². The number of hydrogen-bond acceptors (Lipinski definition) is 3. The molecule has 0 aliphatic heterocycles. The Morgan fingerprint density at radius 3 is 3.00 bits per heavy atom. The van der Waals surface area contributed by atoms with Gasteiger partial charge in [0.1, 0.15) is 0 Å². The van der Waals surface area contributed by atoms with Crippen LogP contribution in [-0.2, 0) is 0 Å². The number of hydrogen-bond donors (Lipinski definition) is 0. The van der Waals surface area contributed by atoms with Crippen molar-refractivity contribution >= 4 is 5.78 Å². The third-order valence-corrected chi connectivity index (χ3v) is 1.09. The number of aromatic nitrogens is 4. The SMILES string of the molecule is c1cn2ccnc2nn1. The first kappa shape index (κ1) is 4.43. The van der Waals surface area contributed by atoms with Crippen molar-refractivity contribution in [1.29, 1.82) is 0 Å². The Morgan fingerprint density at radius 2 is 2.11 bits per heavy atom. The molecule has 0 fully saturated rings. The zero-order chi connectivity index (χ0) is 6.10. The van der Waals surface area contributed by atoms with Crippen LogP contribution in [0.2, 0.25) is 0 Å². The molecule has 0 aliphatic carbocycles. The first-order chi connectivity index (χ1) is 4.47. The Labute approximate surface area is 51.2 Å². The van der Waals surface area contributed by atoms with Crippen molar-refractivity contribution in [1.82, 2.24) is 19.6 Å². The highest BCUT2D eigenvalue weighted by atomic mass is 15.2. The molecule has 2 rings (SSSR count). The zero-order valence-electron chi connectivity index (χ0n) is 4.60. The van der Waals surface area contributed by atoms with Gasteiger partial charge in [-0.25, -0.2) is 4.98 Å². The summed E-state index contributed by atoms with van der Waals surface area (Å²) in [7, 11) is 0. The van der Waals surface area contributed by atoms with E-state index in [1.807, 2.05) is 6.20 Å². The van der Waals surface area contributed by atoms with Crippen LogP contribution in [0.1, 0.15) is 0 Å². The van der Waals surface area contributed by atoms with Gasteiger partial charge in [0, 0.05) is 18.6 Å². The van der Waals surface area contributed by atoms with Gasteiger partial charge >= 0.3 is 0 Å². The van der Waals surface area contributed by atoms with Crippen molar-refractivity contribution in [2.24, 2.45) is 0 Å². The third kappa shape index (κ3) is 0.561. The molecular weight excluding hydrogens is 116 g/mol. The summed E-state index contributed by atoms with van der Waals surface area (Å²) < 4.78 is 1.80. The second-order valence-corrected chi connectivity index (χ2v) is 1.65. The minimum Gasteiger partial charge on any atom is -0.288 e. The van der Waals surface area contributed by atoms with Crippen molar-refractivity contribution in [3.63, 3.8) is 0 Å². The zero-order valence-corrected chi connectivity index (χ0v) is 4.60. The monoisotopic (exact) mass is 120 g/mol. The van der Waals surface area contributed by atoms with Crippen molar-refractivity contribution < 1.29 is 0 Å². The summed E-state index contributed by atoms with van der Waals surface area (Å²) in [5.74, 6) is 0.637. The van der Waals surface area contributed by atoms with E-state index in [1.165, 1.54) is 0 Å². The summed E-state index contributed by atoms with van der Waals surface area (Å²) in [6.07, 6.45) is 6.93. The molecule has 2 heterocycles. The topological polar surface area (TPSA) is 43.1 Å². The Bertz CT molecular complexity index is 283. The van der Waals surface area contributed by atoms with E-state index in [9.17, 15) is 0 Å². The molecule has 0 amide bonds. The van der Waals surface area contributed by atoms with Crippen LogP contribution in [0.15, 0.2) is 24.8 Å². The van der Waals surface area contributed by atoms with Gasteiger partial charge in [0.2, 0.25) is 0 Å². The van der Waals surface area contributed by atoms with Gasteiger partial charge in [0.25, 0.3) is 5.78 Å². The summed E-state index contributed by atoms with van der Waals surface area (Å²) in [5.41, 5.74) is 0. The van der Waals surface area contributed by atoms with Crippen molar-refractivity contribution in [3.8, 4) is 0 Å². The van der Waals surface area contributed by atoms with Gasteiger partial charge in [-0.15, -0.1) is 5.10 Å². The van der Waals surface area contributed by atoms with Crippen LogP contribution in [0.25, 0.3) is 5.78 Å². The molecule has 0 aromatic carbocycles. The number of nitrogens with zero attached hydrogens (tertiary/aromatic N) is 4. The van der Waals surface area contributed by atoms with E-state index in [0.29, 0.717) is 5.78 Å². The fourth-order valence-electron chi connectivity index (χ4n) is 0.686. The highest BCUT2D eigenvalue weighted by Gasteiger charge is 1.88. The molecule has 0 saturated heterocycles. The maximum Gasteiger partial charge on any atom is 0.253 e. The van der Waals surface area contributed by atoms with Crippen LogP contribution in [0.5, 0.6) is 0 Å². The summed E-state index contributed by atoms with van der Waals surface area (Å²) in [6, 6.07) is 0. The van der Waals surface area contributed by atoms with Gasteiger partial charge in [-0.2, -0.15) is 5.10 Å². The lowest BCUT2D eigenvalue weighted by atomic mass is 10.8. The third-order valence-electron chi connectivity index (χ3n) is 1.09. The number of fused-ring (bicyclic) bond motifs is 1. The minimum absolute atomic E-state index is 0.637. The van der Waals surface area contributed by atoms with Crippen LogP contribution < -0.4 is 0 Å². The highest BCUT2D eigenvalue weighted by molar-refractivity contribution is 5.23. The Hall–Kier alpha value is -1.45. The van der Waals surface area contributed by atoms with E-state index < -0.39 is 0 Å². The minimum atomic E-state index is 0.637. The fraction of sp³-hybridized carbons (Fsp3) is 0. The molecule has 0 bridgehead atoms. The summed E-state index contributed by atoms with van der Waals surface area (Å²) >= 11 is 0. The average molecular weight is 120 g/mol. The van der Waals surface area contributed by atoms with Gasteiger partial charge in [0.15, 0.2) is 0 Å². The predicted octanol–water partition coefficient (Wildman–Crippen LogP) is 0.124. The Balaban J connectivity index is 2.95. The molecule has 44 valence electrons. The molecule has 2 aromatic rings. The van der Waals surface area contributed by atoms with Crippen LogP contribution in [0, 0.1) is 0 Å². The van der Waals surface area contributed by atoms with Crippen molar-refractivity contribution in [2.75, 3.05) is 0 Å². The predicted molar refractivity (Wildman–Crippen MR) is 30.8 cm³/mol. The van der Waals surface area contributed by atoms with E-state index in [0.717, 1.165) is 0 Å². The fourth-order valence-corrected chi connectivity index (χ4v) is 0.686. The first-order valence-corrected chi connectivity index (χ1v) is 2.57. The van der Waals surface area contributed by atoms with Crippen LogP contribution >= 0.6 is 0 Å². The lowest BCUT2D eigenvalue weighted by molar-refractivity contribution is 0.966. The first-order valence-electron chi connectivity index (χ1n) is 2.57. The Morgan fingerprint density at radius 1 is 1.22 bits per heavy atom. The van der Waals surface area contributed by atoms with Gasteiger partial charge < -0.3 is 0 Å². The lowest BCUT2D eigenvalue weighted by Gasteiger charge is -1.84. The second-order valence-electron chi connectivity index (χ2n) is 1.65. The molecule has 0 radical (unpaired) electrons. The largest absolute Gasteiger partial charge is 0.288 e. The molecule has 0 atom stereocenters. The summed E-state index contributed by atoms with van der Waals surface area (Å²) in [4.78, 5) is 3.91. The molecule has 0 saturated carbocycles. The molecular formula is C5H4N4. The van der Waals surface area contributed by atoms with Gasteiger partial charge in [-0.05, 0) is 0 Å². The molecule has 9 heavy (non-hydrogen) atoms. The maximum absolute atomic E-state index is 3.91. The molecule has 2 aromatic heterocycles. The van der Waals surface area contributed by atoms with E-state index in [4.69, 9.17) is 0 Å². The van der Waals surface area contributed by atoms with Crippen LogP contribution in [-0.4, -0.2) is 19.6 Å².